The van der Waals surface area contributed by atoms with Gasteiger partial charge in [-0.05, 0) is 41.5 Å². The number of aromatic nitrogens is 2. The number of alkyl halides is 2. The zero-order valence-electron chi connectivity index (χ0n) is 23.0. The number of H-pyrrole nitrogens is 1. The molecular formula is C22H34ClF2N4O11P. The second kappa shape index (κ2) is 13.8. The number of carbonyl (C=O) groups is 2. The van der Waals surface area contributed by atoms with Crippen molar-refractivity contribution in [2.45, 2.75) is 96.3 Å². The van der Waals surface area contributed by atoms with Gasteiger partial charge in [0.05, 0.1) is 18.8 Å². The molecule has 1 saturated heterocycles. The highest BCUT2D eigenvalue weighted by molar-refractivity contribution is 7.54. The largest absolute Gasteiger partial charge is 0.462 e. The molecule has 0 aliphatic carbocycles. The quantitative estimate of drug-likeness (QED) is 0.147. The molecule has 0 spiro atoms. The highest BCUT2D eigenvalue weighted by atomic mass is 35.5. The van der Waals surface area contributed by atoms with E-state index in [4.69, 9.17) is 30.3 Å². The summed E-state index contributed by atoms with van der Waals surface area (Å²) in [4.78, 5) is 50.3. The molecule has 15 nitrogen and oxygen atoms in total. The van der Waals surface area contributed by atoms with Gasteiger partial charge in [0.15, 0.2) is 11.8 Å². The number of carbonyl (C=O) groups excluding carboxylic acids is 2. The molecule has 41 heavy (non-hydrogen) atoms. The van der Waals surface area contributed by atoms with Crippen LogP contribution in [-0.4, -0.2) is 86.8 Å². The van der Waals surface area contributed by atoms with Gasteiger partial charge in [0.2, 0.25) is 0 Å². The van der Waals surface area contributed by atoms with Crippen molar-refractivity contribution in [3.63, 3.8) is 0 Å². The normalized spacial score (nSPS) is 25.8. The maximum Gasteiger partial charge on any atom is 0.342 e. The van der Waals surface area contributed by atoms with E-state index in [1.807, 2.05) is 0 Å². The monoisotopic (exact) mass is 634 g/mol. The summed E-state index contributed by atoms with van der Waals surface area (Å²) in [5.41, 5.74) is -5.31. The number of halogens is 3. The van der Waals surface area contributed by atoms with E-state index >= 15 is 0 Å². The predicted molar refractivity (Wildman–Crippen MR) is 138 cm³/mol. The average Bonchev–Trinajstić information content (AvgIpc) is 3.10. The average molecular weight is 635 g/mol. The third kappa shape index (κ3) is 8.41. The molecule has 0 radical (unpaired) electrons. The van der Waals surface area contributed by atoms with Gasteiger partial charge in [-0.25, -0.2) is 23.7 Å². The molecule has 6 unspecified atom stereocenters. The summed E-state index contributed by atoms with van der Waals surface area (Å²) in [6, 6.07) is -2.72. The lowest BCUT2D eigenvalue weighted by Gasteiger charge is -2.33. The van der Waals surface area contributed by atoms with Crippen molar-refractivity contribution < 1.29 is 51.9 Å². The minimum atomic E-state index is -4.67. The van der Waals surface area contributed by atoms with E-state index in [9.17, 15) is 42.7 Å². The lowest BCUT2D eigenvalue weighted by atomic mass is 9.96. The van der Waals surface area contributed by atoms with Gasteiger partial charge in [-0.3, -0.25) is 28.5 Å². The Hall–Kier alpha value is -2.24. The van der Waals surface area contributed by atoms with Crippen LogP contribution in [0.4, 0.5) is 8.78 Å². The van der Waals surface area contributed by atoms with Gasteiger partial charge in [-0.2, -0.15) is 0 Å². The molecule has 5 N–H and O–H groups in total. The maximum atomic E-state index is 14.5. The van der Waals surface area contributed by atoms with Gasteiger partial charge < -0.3 is 28.9 Å². The second-order valence-electron chi connectivity index (χ2n) is 9.84. The SMILES string of the molecule is CC(C)OC(=O)C(C)NP(=O)(NC(C)C(=O)OC(C)C)OCC1(C(F)F)OC(n2cc(Cl)c(=O)[nH]c2=O)C(O)C1O. The van der Waals surface area contributed by atoms with Crippen molar-refractivity contribution in [2.75, 3.05) is 6.61 Å². The van der Waals surface area contributed by atoms with E-state index in [1.54, 1.807) is 32.7 Å². The van der Waals surface area contributed by atoms with Crippen molar-refractivity contribution in [1.82, 2.24) is 19.7 Å². The Morgan fingerprint density at radius 1 is 1.10 bits per heavy atom. The molecule has 1 aliphatic rings. The summed E-state index contributed by atoms with van der Waals surface area (Å²) in [5, 5.41) is 25.2. The van der Waals surface area contributed by atoms with Crippen molar-refractivity contribution in [3.8, 4) is 0 Å². The Balaban J connectivity index is 2.42. The molecule has 19 heteroatoms. The fourth-order valence-corrected chi connectivity index (χ4v) is 5.62. The molecular weight excluding hydrogens is 601 g/mol. The molecule has 1 aliphatic heterocycles. The first kappa shape index (κ1) is 35.0. The van der Waals surface area contributed by atoms with E-state index in [2.05, 4.69) is 10.2 Å². The van der Waals surface area contributed by atoms with Crippen LogP contribution in [0, 0.1) is 0 Å². The molecule has 1 aromatic rings. The molecule has 2 heterocycles. The highest BCUT2D eigenvalue weighted by Crippen LogP contribution is 2.46. The number of hydrogen-bond acceptors (Lipinski definition) is 11. The zero-order valence-corrected chi connectivity index (χ0v) is 24.7. The Morgan fingerprint density at radius 3 is 2.02 bits per heavy atom. The van der Waals surface area contributed by atoms with Crippen LogP contribution in [0.15, 0.2) is 15.8 Å². The van der Waals surface area contributed by atoms with Crippen molar-refractivity contribution in [1.29, 1.82) is 0 Å². The van der Waals surface area contributed by atoms with Crippen LogP contribution < -0.4 is 21.4 Å². The summed E-state index contributed by atoms with van der Waals surface area (Å²) < 4.78 is 63.8. The number of aliphatic hydroxyl groups is 2. The minimum Gasteiger partial charge on any atom is -0.462 e. The standard InChI is InChI=1S/C22H34ClF2N4O11P/c1-9(2)38-18(33)11(5)27-41(36,28-12(6)19(34)39-10(3)4)37-8-22(20(24)25)15(31)14(30)17(40-22)29-7-13(23)16(32)26-21(29)35/h7,9-12,14-15,17,20,30-31H,8H2,1-6H3,(H,26,32,35)(H2,27,28,36). The lowest BCUT2D eigenvalue weighted by molar-refractivity contribution is -0.192. The second-order valence-corrected chi connectivity index (χ2v) is 12.1. The Morgan fingerprint density at radius 2 is 1.59 bits per heavy atom. The smallest absolute Gasteiger partial charge is 0.342 e. The first-order valence-electron chi connectivity index (χ1n) is 12.4. The topological polar surface area (TPSA) is 208 Å². The number of hydrogen-bond donors (Lipinski definition) is 5. The van der Waals surface area contributed by atoms with Crippen LogP contribution in [-0.2, 0) is 32.9 Å². The van der Waals surface area contributed by atoms with Crippen molar-refractivity contribution >= 4 is 31.2 Å². The molecule has 0 amide bonds. The molecule has 2 rings (SSSR count). The lowest BCUT2D eigenvalue weighted by Crippen LogP contribution is -2.53. The van der Waals surface area contributed by atoms with Gasteiger partial charge in [-0.15, -0.1) is 0 Å². The summed E-state index contributed by atoms with van der Waals surface area (Å²) in [6.45, 7) is 7.27. The number of nitrogens with zero attached hydrogens (tertiary/aromatic N) is 1. The van der Waals surface area contributed by atoms with Crippen LogP contribution in [0.5, 0.6) is 0 Å². The number of aromatic amines is 1. The van der Waals surface area contributed by atoms with Crippen LogP contribution in [0.1, 0.15) is 47.8 Å². The van der Waals surface area contributed by atoms with Gasteiger partial charge in [-0.1, -0.05) is 11.6 Å². The molecule has 6 atom stereocenters. The van der Waals surface area contributed by atoms with Crippen LogP contribution in [0.25, 0.3) is 0 Å². The van der Waals surface area contributed by atoms with E-state index < -0.39 is 97.2 Å². The third-order valence-electron chi connectivity index (χ3n) is 5.63. The Bertz CT molecular complexity index is 1230. The summed E-state index contributed by atoms with van der Waals surface area (Å²) >= 11 is 5.71. The fraction of sp³-hybridized carbons (Fsp3) is 0.727. The molecule has 1 aromatic heterocycles. The van der Waals surface area contributed by atoms with Crippen LogP contribution in [0.2, 0.25) is 5.02 Å². The van der Waals surface area contributed by atoms with E-state index in [1.165, 1.54) is 13.8 Å². The first-order valence-corrected chi connectivity index (χ1v) is 14.4. The molecule has 0 aromatic carbocycles. The van der Waals surface area contributed by atoms with Crippen molar-refractivity contribution in [3.05, 3.63) is 32.1 Å². The Labute approximate surface area is 238 Å². The van der Waals surface area contributed by atoms with E-state index in [0.29, 0.717) is 10.8 Å². The van der Waals surface area contributed by atoms with Crippen molar-refractivity contribution in [2.24, 2.45) is 0 Å². The van der Waals surface area contributed by atoms with Gasteiger partial charge in [0, 0.05) is 6.20 Å². The fourth-order valence-electron chi connectivity index (χ4n) is 3.63. The van der Waals surface area contributed by atoms with E-state index in [-0.39, 0.29) is 0 Å². The molecule has 234 valence electrons. The van der Waals surface area contributed by atoms with Gasteiger partial charge >= 0.3 is 25.3 Å². The predicted octanol–water partition coefficient (Wildman–Crippen LogP) is 0.429. The van der Waals surface area contributed by atoms with Crippen LogP contribution in [0.3, 0.4) is 0 Å². The van der Waals surface area contributed by atoms with Crippen LogP contribution >= 0.6 is 19.3 Å². The summed E-state index contributed by atoms with van der Waals surface area (Å²) in [7, 11) is -4.67. The third-order valence-corrected chi connectivity index (χ3v) is 7.85. The number of nitrogens with one attached hydrogen (secondary N) is 3. The molecule has 0 saturated carbocycles. The van der Waals surface area contributed by atoms with Gasteiger partial charge in [0.25, 0.3) is 12.0 Å². The summed E-state index contributed by atoms with van der Waals surface area (Å²) in [5.74, 6) is -1.79. The molecule has 1 fully saturated rings. The number of rotatable bonds is 13. The highest BCUT2D eigenvalue weighted by Gasteiger charge is 2.61. The minimum absolute atomic E-state index is 0.478. The van der Waals surface area contributed by atoms with E-state index in [0.717, 1.165) is 0 Å². The summed E-state index contributed by atoms with van der Waals surface area (Å²) in [6.07, 6.45) is -10.7. The zero-order chi connectivity index (χ0) is 31.4. The Kier molecular flexibility index (Phi) is 11.8. The number of aliphatic hydroxyl groups excluding tert-OH is 2. The molecule has 0 bridgehead atoms. The maximum absolute atomic E-state index is 14.5. The first-order chi connectivity index (χ1) is 18.8. The number of ether oxygens (including phenoxy) is 3. The number of esters is 2. The van der Waals surface area contributed by atoms with Gasteiger partial charge in [0.1, 0.15) is 29.3 Å².